The molecule has 0 unspecified atom stereocenters. The average molecular weight is 406 g/mol. The lowest BCUT2D eigenvalue weighted by Crippen LogP contribution is -2.71. The number of thiocarbonyl (C=S) groups is 1. The Kier molecular flexibility index (Phi) is 4.03. The van der Waals surface area contributed by atoms with E-state index in [1.165, 1.54) is 15.4 Å². The van der Waals surface area contributed by atoms with Gasteiger partial charge in [-0.15, -0.1) is 0 Å². The Bertz CT molecular complexity index is 998. The number of nitrogens with zero attached hydrogens (tertiary/aromatic N) is 3. The maximum absolute atomic E-state index is 13.8. The Balaban J connectivity index is 1.74. The smallest absolute Gasteiger partial charge is 0.246 e. The van der Waals surface area contributed by atoms with Gasteiger partial charge in [0.1, 0.15) is 0 Å². The molecule has 0 bridgehead atoms. The van der Waals surface area contributed by atoms with Gasteiger partial charge in [-0.1, -0.05) is 48.5 Å². The van der Waals surface area contributed by atoms with Crippen LogP contribution in [-0.4, -0.2) is 53.4 Å². The van der Waals surface area contributed by atoms with E-state index in [4.69, 9.17) is 12.2 Å². The second kappa shape index (κ2) is 6.39. The number of carbonyl (C=O) groups is 2. The van der Waals surface area contributed by atoms with Crippen molar-refractivity contribution >= 4 is 34.8 Å². The summed E-state index contributed by atoms with van der Waals surface area (Å²) in [6.45, 7) is 0.821. The molecular weight excluding hydrogens is 382 g/mol. The molecule has 0 aromatic heterocycles. The zero-order valence-corrected chi connectivity index (χ0v) is 17.4. The Morgan fingerprint density at radius 1 is 0.931 bits per heavy atom. The number of amides is 2. The number of para-hydroxylation sites is 1. The molecule has 5 rings (SSSR count). The molecule has 29 heavy (non-hydrogen) atoms. The van der Waals surface area contributed by atoms with Crippen LogP contribution in [0.25, 0.3) is 0 Å². The number of hydrogen-bond donors (Lipinski definition) is 0. The highest BCUT2D eigenvalue weighted by molar-refractivity contribution is 7.80. The van der Waals surface area contributed by atoms with E-state index in [9.17, 15) is 9.59 Å². The molecule has 2 aromatic rings. The fourth-order valence-corrected chi connectivity index (χ4v) is 5.73. The molecule has 3 aliphatic heterocycles. The van der Waals surface area contributed by atoms with Crippen LogP contribution in [0.4, 0.5) is 5.69 Å². The molecule has 2 amide bonds. The lowest BCUT2D eigenvalue weighted by Gasteiger charge is -2.53. The summed E-state index contributed by atoms with van der Waals surface area (Å²) < 4.78 is 0. The van der Waals surface area contributed by atoms with Crippen molar-refractivity contribution in [2.24, 2.45) is 5.41 Å². The van der Waals surface area contributed by atoms with Crippen LogP contribution >= 0.6 is 12.2 Å². The van der Waals surface area contributed by atoms with Crippen molar-refractivity contribution in [3.05, 3.63) is 65.7 Å². The molecule has 3 aliphatic rings. The van der Waals surface area contributed by atoms with Crippen LogP contribution in [0.15, 0.2) is 54.6 Å². The van der Waals surface area contributed by atoms with Crippen LogP contribution in [-0.2, 0) is 16.0 Å². The molecule has 1 spiro atoms. The summed E-state index contributed by atoms with van der Waals surface area (Å²) in [6.07, 6.45) is 1.31. The van der Waals surface area contributed by atoms with Crippen molar-refractivity contribution in [1.82, 2.24) is 9.80 Å². The molecule has 2 fully saturated rings. The van der Waals surface area contributed by atoms with Crippen molar-refractivity contribution in [2.75, 3.05) is 25.5 Å². The average Bonchev–Trinajstić information content (AvgIpc) is 3.22. The molecule has 0 N–H and O–H groups in total. The first-order valence-electron chi connectivity index (χ1n) is 9.96. The molecule has 148 valence electrons. The Morgan fingerprint density at radius 3 is 2.24 bits per heavy atom. The Hall–Kier alpha value is -2.73. The van der Waals surface area contributed by atoms with Gasteiger partial charge >= 0.3 is 0 Å². The summed E-state index contributed by atoms with van der Waals surface area (Å²) in [7, 11) is 3.37. The molecule has 0 radical (unpaired) electrons. The van der Waals surface area contributed by atoms with Crippen LogP contribution in [0.2, 0.25) is 0 Å². The monoisotopic (exact) mass is 405 g/mol. The number of fused-ring (bicyclic) bond motifs is 4. The maximum Gasteiger partial charge on any atom is 0.246 e. The van der Waals surface area contributed by atoms with E-state index in [0.717, 1.165) is 24.2 Å². The fourth-order valence-electron chi connectivity index (χ4n) is 5.56. The number of anilines is 1. The van der Waals surface area contributed by atoms with Gasteiger partial charge in [0, 0.05) is 32.2 Å². The second-order valence-corrected chi connectivity index (χ2v) is 8.60. The van der Waals surface area contributed by atoms with Crippen LogP contribution < -0.4 is 4.90 Å². The van der Waals surface area contributed by atoms with Gasteiger partial charge in [0.15, 0.2) is 10.5 Å². The third-order valence-corrected chi connectivity index (χ3v) is 7.40. The van der Waals surface area contributed by atoms with E-state index in [2.05, 4.69) is 23.1 Å². The predicted octanol–water partition coefficient (Wildman–Crippen LogP) is 2.81. The lowest BCUT2D eigenvalue weighted by molar-refractivity contribution is -0.157. The summed E-state index contributed by atoms with van der Waals surface area (Å²) in [5.74, 6) is -0.262. The number of rotatable bonds is 1. The molecular formula is C23H23N3O2S. The zero-order valence-electron chi connectivity index (χ0n) is 16.5. The van der Waals surface area contributed by atoms with E-state index in [0.29, 0.717) is 6.42 Å². The highest BCUT2D eigenvalue weighted by Gasteiger charge is 2.65. The van der Waals surface area contributed by atoms with Crippen molar-refractivity contribution in [3.63, 3.8) is 0 Å². The molecule has 2 aromatic carbocycles. The standard InChI is InChI=1S/C23H23N3O2S/c1-24-20(27)23(21(28)25(2)22(24)29)14-16-10-6-7-11-18(16)26-13-12-17(19(23)26)15-8-4-3-5-9-15/h3-11,17,19H,12-14H2,1-2H3/t17-,19+/m1/s1. The van der Waals surface area contributed by atoms with Crippen LogP contribution in [0.3, 0.4) is 0 Å². The molecule has 6 heteroatoms. The van der Waals surface area contributed by atoms with Crippen molar-refractivity contribution in [3.8, 4) is 0 Å². The first-order chi connectivity index (χ1) is 14.0. The zero-order chi connectivity index (χ0) is 20.3. The molecule has 5 nitrogen and oxygen atoms in total. The topological polar surface area (TPSA) is 43.9 Å². The minimum absolute atomic E-state index is 0.103. The van der Waals surface area contributed by atoms with E-state index >= 15 is 0 Å². The lowest BCUT2D eigenvalue weighted by atomic mass is 9.64. The third-order valence-electron chi connectivity index (χ3n) is 6.85. The molecule has 0 aliphatic carbocycles. The van der Waals surface area contributed by atoms with Gasteiger partial charge in [0.05, 0.1) is 6.04 Å². The van der Waals surface area contributed by atoms with Gasteiger partial charge in [0.25, 0.3) is 0 Å². The SMILES string of the molecule is CN1C(=O)C2(Cc3ccccc3N3CC[C@H](c4ccccc4)[C@H]32)C(=O)N(C)C1=S. The van der Waals surface area contributed by atoms with E-state index in [-0.39, 0.29) is 28.9 Å². The van der Waals surface area contributed by atoms with Crippen LogP contribution in [0.5, 0.6) is 0 Å². The molecule has 3 heterocycles. The van der Waals surface area contributed by atoms with Gasteiger partial charge < -0.3 is 4.90 Å². The summed E-state index contributed by atoms with van der Waals surface area (Å²) >= 11 is 5.38. The van der Waals surface area contributed by atoms with Crippen molar-refractivity contribution < 1.29 is 9.59 Å². The van der Waals surface area contributed by atoms with Gasteiger partial charge in [-0.25, -0.2) is 0 Å². The molecule has 0 saturated carbocycles. The fraction of sp³-hybridized carbons (Fsp3) is 0.348. The summed E-state index contributed by atoms with van der Waals surface area (Å²) in [4.78, 5) is 32.8. The highest BCUT2D eigenvalue weighted by atomic mass is 32.1. The second-order valence-electron chi connectivity index (χ2n) is 8.23. The van der Waals surface area contributed by atoms with Crippen LogP contribution in [0.1, 0.15) is 23.5 Å². The molecule has 2 atom stereocenters. The van der Waals surface area contributed by atoms with E-state index in [1.54, 1.807) is 14.1 Å². The Morgan fingerprint density at radius 2 is 1.55 bits per heavy atom. The predicted molar refractivity (Wildman–Crippen MR) is 116 cm³/mol. The van der Waals surface area contributed by atoms with Crippen molar-refractivity contribution in [1.29, 1.82) is 0 Å². The van der Waals surface area contributed by atoms with E-state index in [1.807, 2.05) is 36.4 Å². The minimum Gasteiger partial charge on any atom is -0.366 e. The largest absolute Gasteiger partial charge is 0.366 e. The minimum atomic E-state index is -1.17. The quantitative estimate of drug-likeness (QED) is 0.541. The third kappa shape index (κ3) is 2.35. The number of benzene rings is 2. The normalized spacial score (nSPS) is 25.4. The molecule has 2 saturated heterocycles. The summed E-state index contributed by atoms with van der Waals surface area (Å²) in [5.41, 5.74) is 2.20. The van der Waals surface area contributed by atoms with Gasteiger partial charge in [-0.05, 0) is 42.3 Å². The first kappa shape index (κ1) is 18.3. The summed E-state index contributed by atoms with van der Waals surface area (Å²) in [5, 5.41) is 0.269. The van der Waals surface area contributed by atoms with E-state index < -0.39 is 5.41 Å². The number of carbonyl (C=O) groups excluding carboxylic acids is 2. The maximum atomic E-state index is 13.8. The first-order valence-corrected chi connectivity index (χ1v) is 10.4. The Labute approximate surface area is 175 Å². The van der Waals surface area contributed by atoms with Gasteiger partial charge in [-0.3, -0.25) is 19.4 Å². The van der Waals surface area contributed by atoms with Gasteiger partial charge in [-0.2, -0.15) is 0 Å². The van der Waals surface area contributed by atoms with Gasteiger partial charge in [0.2, 0.25) is 11.8 Å². The van der Waals surface area contributed by atoms with Crippen molar-refractivity contribution in [2.45, 2.75) is 24.8 Å². The number of hydrogen-bond acceptors (Lipinski definition) is 4. The summed E-state index contributed by atoms with van der Waals surface area (Å²) in [6, 6.07) is 18.2. The highest BCUT2D eigenvalue weighted by Crippen LogP contribution is 2.53. The van der Waals surface area contributed by atoms with Crippen LogP contribution in [0, 0.1) is 5.41 Å².